The van der Waals surface area contributed by atoms with E-state index in [2.05, 4.69) is 5.32 Å². The Morgan fingerprint density at radius 2 is 1.71 bits per heavy atom. The number of hydrogen-bond donors (Lipinski definition) is 1. The second kappa shape index (κ2) is 5.75. The molecule has 3 heteroatoms. The van der Waals surface area contributed by atoms with E-state index in [-0.39, 0.29) is 18.1 Å². The minimum atomic E-state index is -0.363. The van der Waals surface area contributed by atoms with Crippen LogP contribution in [-0.4, -0.2) is 5.91 Å². The van der Waals surface area contributed by atoms with Gasteiger partial charge in [0.05, 0.1) is 6.42 Å². The second-order valence-corrected chi connectivity index (χ2v) is 4.87. The van der Waals surface area contributed by atoms with Crippen molar-refractivity contribution in [1.29, 1.82) is 0 Å². The van der Waals surface area contributed by atoms with Gasteiger partial charge in [-0.05, 0) is 34.5 Å². The highest BCUT2D eigenvalue weighted by atomic mass is 19.1. The quantitative estimate of drug-likeness (QED) is 0.766. The van der Waals surface area contributed by atoms with Gasteiger partial charge in [-0.2, -0.15) is 0 Å². The molecule has 0 spiro atoms. The second-order valence-electron chi connectivity index (χ2n) is 4.87. The van der Waals surface area contributed by atoms with Crippen LogP contribution in [0.25, 0.3) is 10.8 Å². The van der Waals surface area contributed by atoms with Crippen molar-refractivity contribution in [2.24, 2.45) is 0 Å². The lowest BCUT2D eigenvalue weighted by Crippen LogP contribution is -2.14. The molecule has 0 atom stereocenters. The first-order valence-corrected chi connectivity index (χ1v) is 6.74. The van der Waals surface area contributed by atoms with Crippen molar-refractivity contribution in [2.75, 3.05) is 5.32 Å². The Hall–Kier alpha value is -2.68. The van der Waals surface area contributed by atoms with Gasteiger partial charge in [0, 0.05) is 5.69 Å². The molecule has 0 fully saturated rings. The Morgan fingerprint density at radius 1 is 0.952 bits per heavy atom. The molecule has 0 bridgehead atoms. The van der Waals surface area contributed by atoms with E-state index in [0.29, 0.717) is 5.69 Å². The van der Waals surface area contributed by atoms with Crippen molar-refractivity contribution in [2.45, 2.75) is 6.42 Å². The molecule has 2 nitrogen and oxygen atoms in total. The molecule has 0 aliphatic carbocycles. The highest BCUT2D eigenvalue weighted by molar-refractivity contribution is 5.96. The van der Waals surface area contributed by atoms with Gasteiger partial charge >= 0.3 is 0 Å². The van der Waals surface area contributed by atoms with Crippen molar-refractivity contribution in [1.82, 2.24) is 0 Å². The number of benzene rings is 3. The Balaban J connectivity index is 1.80. The number of halogens is 1. The maximum Gasteiger partial charge on any atom is 0.228 e. The predicted octanol–water partition coefficient (Wildman–Crippen LogP) is 4.16. The Morgan fingerprint density at radius 3 is 2.57 bits per heavy atom. The Labute approximate surface area is 122 Å². The molecule has 0 saturated carbocycles. The SMILES string of the molecule is O=C(Cc1cccc2ccccc12)Nc1cccc(F)c1. The molecule has 0 saturated heterocycles. The van der Waals surface area contributed by atoms with Crippen LogP contribution in [0.15, 0.2) is 66.7 Å². The Kier molecular flexibility index (Phi) is 3.65. The molecule has 0 radical (unpaired) electrons. The molecule has 0 aromatic heterocycles. The van der Waals surface area contributed by atoms with Crippen molar-refractivity contribution in [3.8, 4) is 0 Å². The summed E-state index contributed by atoms with van der Waals surface area (Å²) in [5.74, 6) is -0.519. The minimum absolute atomic E-state index is 0.156. The number of hydrogen-bond acceptors (Lipinski definition) is 1. The molecule has 3 rings (SSSR count). The standard InChI is InChI=1S/C18H14FNO/c19-15-8-4-9-16(12-15)20-18(21)11-14-7-3-6-13-5-1-2-10-17(13)14/h1-10,12H,11H2,(H,20,21). The number of anilines is 1. The summed E-state index contributed by atoms with van der Waals surface area (Å²) in [6.45, 7) is 0. The van der Waals surface area contributed by atoms with E-state index in [0.717, 1.165) is 16.3 Å². The third-order valence-electron chi connectivity index (χ3n) is 3.34. The summed E-state index contributed by atoms with van der Waals surface area (Å²) in [4.78, 5) is 12.1. The van der Waals surface area contributed by atoms with Crippen LogP contribution in [0.5, 0.6) is 0 Å². The largest absolute Gasteiger partial charge is 0.326 e. The van der Waals surface area contributed by atoms with E-state index in [1.165, 1.54) is 12.1 Å². The molecular formula is C18H14FNO. The van der Waals surface area contributed by atoms with E-state index in [4.69, 9.17) is 0 Å². The minimum Gasteiger partial charge on any atom is -0.326 e. The van der Waals surface area contributed by atoms with Crippen LogP contribution in [-0.2, 0) is 11.2 Å². The fourth-order valence-electron chi connectivity index (χ4n) is 2.39. The summed E-state index contributed by atoms with van der Waals surface area (Å²) in [7, 11) is 0. The summed E-state index contributed by atoms with van der Waals surface area (Å²) >= 11 is 0. The predicted molar refractivity (Wildman–Crippen MR) is 82.7 cm³/mol. The zero-order chi connectivity index (χ0) is 14.7. The van der Waals surface area contributed by atoms with E-state index >= 15 is 0 Å². The van der Waals surface area contributed by atoms with Crippen LogP contribution in [0.1, 0.15) is 5.56 Å². The summed E-state index contributed by atoms with van der Waals surface area (Å²) in [6, 6.07) is 19.7. The maximum absolute atomic E-state index is 13.1. The molecule has 21 heavy (non-hydrogen) atoms. The van der Waals surface area contributed by atoms with Crippen molar-refractivity contribution < 1.29 is 9.18 Å². The van der Waals surface area contributed by atoms with Crippen molar-refractivity contribution in [3.63, 3.8) is 0 Å². The summed E-state index contributed by atoms with van der Waals surface area (Å²) in [5, 5.41) is 4.89. The molecule has 0 unspecified atom stereocenters. The van der Waals surface area contributed by atoms with Crippen molar-refractivity contribution >= 4 is 22.4 Å². The van der Waals surface area contributed by atoms with Crippen LogP contribution >= 0.6 is 0 Å². The molecule has 104 valence electrons. The highest BCUT2D eigenvalue weighted by Gasteiger charge is 2.07. The number of nitrogens with one attached hydrogen (secondary N) is 1. The van der Waals surface area contributed by atoms with Crippen LogP contribution in [0.4, 0.5) is 10.1 Å². The smallest absolute Gasteiger partial charge is 0.228 e. The summed E-state index contributed by atoms with van der Waals surface area (Å²) < 4.78 is 13.1. The lowest BCUT2D eigenvalue weighted by atomic mass is 10.0. The third-order valence-corrected chi connectivity index (χ3v) is 3.34. The molecule has 3 aromatic carbocycles. The first-order chi connectivity index (χ1) is 10.2. The van der Waals surface area contributed by atoms with Gasteiger partial charge in [-0.3, -0.25) is 4.79 Å². The van der Waals surface area contributed by atoms with Crippen LogP contribution in [0, 0.1) is 5.82 Å². The average Bonchev–Trinajstić information content (AvgIpc) is 2.47. The van der Waals surface area contributed by atoms with Crippen molar-refractivity contribution in [3.05, 3.63) is 78.1 Å². The number of rotatable bonds is 3. The normalized spacial score (nSPS) is 10.5. The summed E-state index contributed by atoms with van der Waals surface area (Å²) in [5.41, 5.74) is 1.43. The fourth-order valence-corrected chi connectivity index (χ4v) is 2.39. The molecule has 0 aliphatic heterocycles. The van der Waals surface area contributed by atoms with Gasteiger partial charge in [-0.15, -0.1) is 0 Å². The first kappa shape index (κ1) is 13.3. The maximum atomic E-state index is 13.1. The zero-order valence-corrected chi connectivity index (χ0v) is 11.3. The lowest BCUT2D eigenvalue weighted by molar-refractivity contribution is -0.115. The number of carbonyl (C=O) groups excluding carboxylic acids is 1. The number of carbonyl (C=O) groups is 1. The fraction of sp³-hybridized carbons (Fsp3) is 0.0556. The van der Waals surface area contributed by atoms with Crippen LogP contribution < -0.4 is 5.32 Å². The third kappa shape index (κ3) is 3.08. The molecule has 3 aromatic rings. The van der Waals surface area contributed by atoms with Gasteiger partial charge in [-0.1, -0.05) is 48.5 Å². The molecule has 1 amide bonds. The molecule has 0 heterocycles. The van der Waals surface area contributed by atoms with Gasteiger partial charge in [0.15, 0.2) is 0 Å². The van der Waals surface area contributed by atoms with E-state index in [1.807, 2.05) is 42.5 Å². The Bertz CT molecular complexity index is 793. The molecule has 1 N–H and O–H groups in total. The number of amides is 1. The monoisotopic (exact) mass is 279 g/mol. The van der Waals surface area contributed by atoms with E-state index < -0.39 is 0 Å². The van der Waals surface area contributed by atoms with Crippen LogP contribution in [0.3, 0.4) is 0 Å². The van der Waals surface area contributed by atoms with Gasteiger partial charge in [-0.25, -0.2) is 4.39 Å². The van der Waals surface area contributed by atoms with Gasteiger partial charge in [0.25, 0.3) is 0 Å². The van der Waals surface area contributed by atoms with Crippen LogP contribution in [0.2, 0.25) is 0 Å². The van der Waals surface area contributed by atoms with E-state index in [9.17, 15) is 9.18 Å². The average molecular weight is 279 g/mol. The van der Waals surface area contributed by atoms with Gasteiger partial charge in [0.2, 0.25) is 5.91 Å². The van der Waals surface area contributed by atoms with Gasteiger partial charge in [0.1, 0.15) is 5.82 Å². The topological polar surface area (TPSA) is 29.1 Å². The zero-order valence-electron chi connectivity index (χ0n) is 11.3. The highest BCUT2D eigenvalue weighted by Crippen LogP contribution is 2.19. The first-order valence-electron chi connectivity index (χ1n) is 6.74. The molecular weight excluding hydrogens is 265 g/mol. The number of fused-ring (bicyclic) bond motifs is 1. The van der Waals surface area contributed by atoms with E-state index in [1.54, 1.807) is 12.1 Å². The molecule has 0 aliphatic rings. The van der Waals surface area contributed by atoms with Gasteiger partial charge < -0.3 is 5.32 Å². The lowest BCUT2D eigenvalue weighted by Gasteiger charge is -2.08. The summed E-state index contributed by atoms with van der Waals surface area (Å²) in [6.07, 6.45) is 0.262.